The zero-order valence-corrected chi connectivity index (χ0v) is 15.0. The second-order valence-electron chi connectivity index (χ2n) is 7.52. The van der Waals surface area contributed by atoms with Gasteiger partial charge in [0.05, 0.1) is 5.56 Å². The van der Waals surface area contributed by atoms with E-state index in [1.807, 2.05) is 0 Å². The minimum atomic E-state index is -4.27. The van der Waals surface area contributed by atoms with Crippen molar-refractivity contribution in [3.05, 3.63) is 35.4 Å². The standard InChI is InChI=1S/C20H27F3N2O/c21-20(22,23)17-8-5-7-15(12-17)6-1-3-10-25-11-4-2-9-18(25)16-13-19(26)24-14-16/h5,7-8,12,16,18H,1-4,6,9-11,13-14H2,(H,24,26)/t16-,18+/m0/s1. The van der Waals surface area contributed by atoms with E-state index in [0.717, 1.165) is 50.5 Å². The summed E-state index contributed by atoms with van der Waals surface area (Å²) in [6, 6.07) is 6.12. The highest BCUT2D eigenvalue weighted by molar-refractivity contribution is 5.78. The van der Waals surface area contributed by atoms with Gasteiger partial charge in [0.1, 0.15) is 0 Å². The molecule has 1 aromatic rings. The molecule has 26 heavy (non-hydrogen) atoms. The molecule has 6 heteroatoms. The maximum atomic E-state index is 12.8. The van der Waals surface area contributed by atoms with E-state index in [9.17, 15) is 18.0 Å². The molecule has 1 amide bonds. The first-order chi connectivity index (χ1) is 12.4. The number of nitrogens with zero attached hydrogens (tertiary/aromatic N) is 1. The van der Waals surface area contributed by atoms with E-state index in [-0.39, 0.29) is 5.91 Å². The van der Waals surface area contributed by atoms with Crippen LogP contribution in [0.4, 0.5) is 13.2 Å². The molecule has 2 atom stereocenters. The minimum absolute atomic E-state index is 0.157. The number of unbranched alkanes of at least 4 members (excludes halogenated alkanes) is 1. The summed E-state index contributed by atoms with van der Waals surface area (Å²) in [6.07, 6.45) is 2.44. The number of hydrogen-bond acceptors (Lipinski definition) is 2. The van der Waals surface area contributed by atoms with Gasteiger partial charge in [-0.1, -0.05) is 24.6 Å². The molecule has 1 N–H and O–H groups in total. The predicted molar refractivity (Wildman–Crippen MR) is 94.7 cm³/mol. The highest BCUT2D eigenvalue weighted by Gasteiger charge is 2.34. The Hall–Kier alpha value is -1.56. The number of alkyl halides is 3. The van der Waals surface area contributed by atoms with Gasteiger partial charge in [-0.15, -0.1) is 0 Å². The molecule has 3 nitrogen and oxygen atoms in total. The summed E-state index contributed by atoms with van der Waals surface area (Å²) in [4.78, 5) is 14.0. The molecule has 0 aliphatic carbocycles. The van der Waals surface area contributed by atoms with Crippen LogP contribution in [0, 0.1) is 5.92 Å². The Morgan fingerprint density at radius 1 is 1.19 bits per heavy atom. The fraction of sp³-hybridized carbons (Fsp3) is 0.650. The molecule has 0 unspecified atom stereocenters. The van der Waals surface area contributed by atoms with Crippen molar-refractivity contribution in [1.29, 1.82) is 0 Å². The lowest BCUT2D eigenvalue weighted by Crippen LogP contribution is -2.45. The van der Waals surface area contributed by atoms with Crippen molar-refractivity contribution in [3.8, 4) is 0 Å². The lowest BCUT2D eigenvalue weighted by Gasteiger charge is -2.38. The quantitative estimate of drug-likeness (QED) is 0.769. The number of piperidine rings is 1. The van der Waals surface area contributed by atoms with Gasteiger partial charge in [-0.2, -0.15) is 13.2 Å². The monoisotopic (exact) mass is 368 g/mol. The summed E-state index contributed by atoms with van der Waals surface area (Å²) in [6.45, 7) is 2.82. The molecule has 3 rings (SSSR count). The topological polar surface area (TPSA) is 32.3 Å². The van der Waals surface area contributed by atoms with Crippen LogP contribution in [0.25, 0.3) is 0 Å². The number of aryl methyl sites for hydroxylation is 1. The van der Waals surface area contributed by atoms with Crippen LogP contribution in [0.1, 0.15) is 49.7 Å². The summed E-state index contributed by atoms with van der Waals surface area (Å²) in [7, 11) is 0. The van der Waals surface area contributed by atoms with E-state index >= 15 is 0 Å². The van der Waals surface area contributed by atoms with Crippen LogP contribution in [0.15, 0.2) is 24.3 Å². The highest BCUT2D eigenvalue weighted by Crippen LogP contribution is 2.30. The molecule has 2 saturated heterocycles. The molecule has 0 spiro atoms. The fourth-order valence-electron chi connectivity index (χ4n) is 4.27. The fourth-order valence-corrected chi connectivity index (χ4v) is 4.27. The lowest BCUT2D eigenvalue weighted by atomic mass is 9.89. The summed E-state index contributed by atoms with van der Waals surface area (Å²) < 4.78 is 38.3. The van der Waals surface area contributed by atoms with Crippen molar-refractivity contribution < 1.29 is 18.0 Å². The number of halogens is 3. The predicted octanol–water partition coefficient (Wildman–Crippen LogP) is 4.02. The Balaban J connectivity index is 1.47. The summed E-state index contributed by atoms with van der Waals surface area (Å²) >= 11 is 0. The summed E-state index contributed by atoms with van der Waals surface area (Å²) in [5.74, 6) is 0.566. The number of nitrogens with one attached hydrogen (secondary N) is 1. The molecule has 0 saturated carbocycles. The largest absolute Gasteiger partial charge is 0.416 e. The van der Waals surface area contributed by atoms with Gasteiger partial charge < -0.3 is 10.2 Å². The Morgan fingerprint density at radius 3 is 2.77 bits per heavy atom. The van der Waals surface area contributed by atoms with E-state index in [1.165, 1.54) is 25.0 Å². The summed E-state index contributed by atoms with van der Waals surface area (Å²) in [5.41, 5.74) is 0.185. The van der Waals surface area contributed by atoms with E-state index in [2.05, 4.69) is 10.2 Å². The van der Waals surface area contributed by atoms with Crippen LogP contribution in [0.3, 0.4) is 0 Å². The Labute approximate surface area is 152 Å². The van der Waals surface area contributed by atoms with Gasteiger partial charge in [0, 0.05) is 24.9 Å². The lowest BCUT2D eigenvalue weighted by molar-refractivity contribution is -0.137. The first-order valence-corrected chi connectivity index (χ1v) is 9.60. The van der Waals surface area contributed by atoms with Crippen LogP contribution < -0.4 is 5.32 Å². The smallest absolute Gasteiger partial charge is 0.356 e. The van der Waals surface area contributed by atoms with Crippen LogP contribution in [-0.2, 0) is 17.4 Å². The molecule has 2 fully saturated rings. The number of amides is 1. The molecule has 1 aromatic carbocycles. The second-order valence-corrected chi connectivity index (χ2v) is 7.52. The Kier molecular flexibility index (Phi) is 6.22. The molecule has 0 bridgehead atoms. The Bertz CT molecular complexity index is 617. The van der Waals surface area contributed by atoms with Gasteiger partial charge >= 0.3 is 6.18 Å². The van der Waals surface area contributed by atoms with Crippen LogP contribution in [0.5, 0.6) is 0 Å². The average Bonchev–Trinajstić information content (AvgIpc) is 3.05. The Morgan fingerprint density at radius 2 is 2.04 bits per heavy atom. The molecule has 2 aliphatic heterocycles. The number of benzene rings is 1. The van der Waals surface area contributed by atoms with Crippen molar-refractivity contribution in [2.75, 3.05) is 19.6 Å². The van der Waals surface area contributed by atoms with Crippen LogP contribution in [-0.4, -0.2) is 36.5 Å². The van der Waals surface area contributed by atoms with Gasteiger partial charge in [0.2, 0.25) is 5.91 Å². The minimum Gasteiger partial charge on any atom is -0.356 e. The van der Waals surface area contributed by atoms with Crippen molar-refractivity contribution in [3.63, 3.8) is 0 Å². The van der Waals surface area contributed by atoms with E-state index in [1.54, 1.807) is 6.07 Å². The highest BCUT2D eigenvalue weighted by atomic mass is 19.4. The SMILES string of the molecule is O=C1C[C@H]([C@H]2CCCCN2CCCCc2cccc(C(F)(F)F)c2)CN1. The number of carbonyl (C=O) groups excluding carboxylic acids is 1. The molecule has 2 aliphatic rings. The summed E-state index contributed by atoms with van der Waals surface area (Å²) in [5, 5.41) is 2.94. The molecule has 2 heterocycles. The van der Waals surface area contributed by atoms with E-state index in [0.29, 0.717) is 24.8 Å². The molecule has 0 radical (unpaired) electrons. The van der Waals surface area contributed by atoms with Crippen molar-refractivity contribution in [1.82, 2.24) is 10.2 Å². The van der Waals surface area contributed by atoms with Gasteiger partial charge in [-0.05, 0) is 56.8 Å². The molecular formula is C20H27F3N2O. The zero-order valence-electron chi connectivity index (χ0n) is 15.0. The number of hydrogen-bond donors (Lipinski definition) is 1. The van der Waals surface area contributed by atoms with E-state index < -0.39 is 11.7 Å². The van der Waals surface area contributed by atoms with Gasteiger partial charge in [-0.3, -0.25) is 4.79 Å². The van der Waals surface area contributed by atoms with Gasteiger partial charge in [-0.25, -0.2) is 0 Å². The third kappa shape index (κ3) is 5.00. The maximum Gasteiger partial charge on any atom is 0.416 e. The van der Waals surface area contributed by atoms with Crippen LogP contribution in [0.2, 0.25) is 0 Å². The maximum absolute atomic E-state index is 12.8. The normalized spacial score (nSPS) is 24.7. The van der Waals surface area contributed by atoms with Crippen molar-refractivity contribution in [2.45, 2.75) is 57.2 Å². The van der Waals surface area contributed by atoms with E-state index in [4.69, 9.17) is 0 Å². The average molecular weight is 368 g/mol. The first-order valence-electron chi connectivity index (χ1n) is 9.60. The van der Waals surface area contributed by atoms with Crippen LogP contribution >= 0.6 is 0 Å². The van der Waals surface area contributed by atoms with Gasteiger partial charge in [0.25, 0.3) is 0 Å². The number of likely N-dealkylation sites (tertiary alicyclic amines) is 1. The van der Waals surface area contributed by atoms with Gasteiger partial charge in [0.15, 0.2) is 0 Å². The third-order valence-corrected chi connectivity index (χ3v) is 5.63. The number of carbonyl (C=O) groups is 1. The number of rotatable bonds is 6. The third-order valence-electron chi connectivity index (χ3n) is 5.63. The molecular weight excluding hydrogens is 341 g/mol. The molecule has 0 aromatic heterocycles. The second kappa shape index (κ2) is 8.42. The first kappa shape index (κ1) is 19.2. The van der Waals surface area contributed by atoms with Crippen molar-refractivity contribution >= 4 is 5.91 Å². The zero-order chi connectivity index (χ0) is 18.6. The van der Waals surface area contributed by atoms with Crippen molar-refractivity contribution in [2.24, 2.45) is 5.92 Å². The molecule has 144 valence electrons.